The molecule has 0 atom stereocenters. The maximum absolute atomic E-state index is 11.1. The monoisotopic (exact) mass is 183 g/mol. The Hall–Kier alpha value is -1.52. The van der Waals surface area contributed by atoms with Crippen LogP contribution in [-0.4, -0.2) is 36.5 Å². The summed E-state index contributed by atoms with van der Waals surface area (Å²) in [6, 6.07) is 0. The summed E-state index contributed by atoms with van der Waals surface area (Å²) in [6.45, 7) is 4.63. The molecule has 0 saturated carbocycles. The standard InChI is InChI=1S/C8H13N3O2/c1-2-3-13-8(12)11-4-6(5-11)7(9)10/h2,6H,1,3-5H2,(H3,9,10). The third-order valence-corrected chi connectivity index (χ3v) is 1.90. The summed E-state index contributed by atoms with van der Waals surface area (Å²) in [7, 11) is 0. The predicted molar refractivity (Wildman–Crippen MR) is 48.5 cm³/mol. The van der Waals surface area contributed by atoms with Crippen molar-refractivity contribution in [2.45, 2.75) is 0 Å². The van der Waals surface area contributed by atoms with Crippen molar-refractivity contribution < 1.29 is 9.53 Å². The number of nitrogens with two attached hydrogens (primary N) is 1. The molecule has 0 aromatic carbocycles. The van der Waals surface area contributed by atoms with E-state index in [0.717, 1.165) is 0 Å². The van der Waals surface area contributed by atoms with Crippen molar-refractivity contribution in [2.75, 3.05) is 19.7 Å². The molecule has 1 fully saturated rings. The minimum absolute atomic E-state index is 0.0104. The molecule has 72 valence electrons. The second-order valence-corrected chi connectivity index (χ2v) is 2.92. The van der Waals surface area contributed by atoms with E-state index in [1.807, 2.05) is 0 Å². The number of carbonyl (C=O) groups excluding carboxylic acids is 1. The van der Waals surface area contributed by atoms with E-state index in [2.05, 4.69) is 6.58 Å². The Morgan fingerprint density at radius 2 is 2.38 bits per heavy atom. The van der Waals surface area contributed by atoms with Crippen LogP contribution in [0.1, 0.15) is 0 Å². The van der Waals surface area contributed by atoms with Crippen LogP contribution in [0.2, 0.25) is 0 Å². The van der Waals surface area contributed by atoms with E-state index in [0.29, 0.717) is 13.1 Å². The highest BCUT2D eigenvalue weighted by molar-refractivity contribution is 5.83. The van der Waals surface area contributed by atoms with Crippen molar-refractivity contribution in [3.05, 3.63) is 12.7 Å². The van der Waals surface area contributed by atoms with Crippen LogP contribution in [0, 0.1) is 11.3 Å². The summed E-state index contributed by atoms with van der Waals surface area (Å²) in [6.07, 6.45) is 1.15. The van der Waals surface area contributed by atoms with Crippen LogP contribution in [0.15, 0.2) is 12.7 Å². The normalized spacial score (nSPS) is 16.2. The second-order valence-electron chi connectivity index (χ2n) is 2.92. The van der Waals surface area contributed by atoms with Crippen LogP contribution in [0.5, 0.6) is 0 Å². The van der Waals surface area contributed by atoms with Gasteiger partial charge in [-0.25, -0.2) is 4.79 Å². The van der Waals surface area contributed by atoms with Crippen LogP contribution in [-0.2, 0) is 4.74 Å². The summed E-state index contributed by atoms with van der Waals surface area (Å²) in [5.74, 6) is 0.143. The van der Waals surface area contributed by atoms with Crippen molar-refractivity contribution in [1.29, 1.82) is 5.41 Å². The minimum atomic E-state index is -0.364. The van der Waals surface area contributed by atoms with Crippen LogP contribution >= 0.6 is 0 Å². The number of amides is 1. The van der Waals surface area contributed by atoms with E-state index < -0.39 is 0 Å². The number of hydrogen-bond donors (Lipinski definition) is 2. The molecule has 0 aliphatic carbocycles. The van der Waals surface area contributed by atoms with Gasteiger partial charge in [-0.15, -0.1) is 0 Å². The third kappa shape index (κ3) is 2.21. The van der Waals surface area contributed by atoms with E-state index in [4.69, 9.17) is 15.9 Å². The summed E-state index contributed by atoms with van der Waals surface area (Å²) in [5, 5.41) is 7.10. The van der Waals surface area contributed by atoms with Gasteiger partial charge in [-0.1, -0.05) is 12.7 Å². The molecule has 1 aliphatic heterocycles. The molecule has 1 saturated heterocycles. The van der Waals surface area contributed by atoms with E-state index in [1.54, 1.807) is 0 Å². The quantitative estimate of drug-likeness (QED) is 0.372. The molecule has 0 radical (unpaired) electrons. The first kappa shape index (κ1) is 9.57. The van der Waals surface area contributed by atoms with Crippen molar-refractivity contribution in [2.24, 2.45) is 11.7 Å². The Bertz CT molecular complexity index is 234. The fourth-order valence-electron chi connectivity index (χ4n) is 1.05. The maximum Gasteiger partial charge on any atom is 0.410 e. The lowest BCUT2D eigenvalue weighted by atomic mass is 10.0. The molecule has 5 heteroatoms. The van der Waals surface area contributed by atoms with Crippen LogP contribution < -0.4 is 5.73 Å². The van der Waals surface area contributed by atoms with Crippen molar-refractivity contribution in [1.82, 2.24) is 4.90 Å². The first-order chi connectivity index (χ1) is 6.15. The summed E-state index contributed by atoms with van der Waals surface area (Å²) < 4.78 is 4.78. The van der Waals surface area contributed by atoms with Gasteiger partial charge in [0, 0.05) is 13.1 Å². The Kier molecular flexibility index (Phi) is 2.89. The van der Waals surface area contributed by atoms with Crippen molar-refractivity contribution >= 4 is 11.9 Å². The van der Waals surface area contributed by atoms with Gasteiger partial charge in [0.05, 0.1) is 11.8 Å². The van der Waals surface area contributed by atoms with Gasteiger partial charge in [-0.2, -0.15) is 0 Å². The number of hydrogen-bond acceptors (Lipinski definition) is 3. The Labute approximate surface area is 76.7 Å². The van der Waals surface area contributed by atoms with Gasteiger partial charge in [0.25, 0.3) is 0 Å². The number of likely N-dealkylation sites (tertiary alicyclic amines) is 1. The predicted octanol–water partition coefficient (Wildman–Crippen LogP) is 0.177. The van der Waals surface area contributed by atoms with E-state index in [-0.39, 0.29) is 24.5 Å². The number of carbonyl (C=O) groups is 1. The second kappa shape index (κ2) is 3.93. The van der Waals surface area contributed by atoms with Gasteiger partial charge in [-0.05, 0) is 0 Å². The number of amidine groups is 1. The number of nitrogens with one attached hydrogen (secondary N) is 1. The van der Waals surface area contributed by atoms with E-state index in [9.17, 15) is 4.79 Å². The topological polar surface area (TPSA) is 79.4 Å². The molecule has 0 bridgehead atoms. The van der Waals surface area contributed by atoms with E-state index >= 15 is 0 Å². The summed E-state index contributed by atoms with van der Waals surface area (Å²) >= 11 is 0. The average Bonchev–Trinajstić information content (AvgIpc) is 1.97. The Morgan fingerprint density at radius 1 is 1.77 bits per heavy atom. The Morgan fingerprint density at radius 3 is 2.85 bits per heavy atom. The summed E-state index contributed by atoms with van der Waals surface area (Å²) in [4.78, 5) is 12.6. The lowest BCUT2D eigenvalue weighted by molar-refractivity contribution is 0.0765. The lowest BCUT2D eigenvalue weighted by Crippen LogP contribution is -2.54. The minimum Gasteiger partial charge on any atom is -0.445 e. The molecule has 5 nitrogen and oxygen atoms in total. The lowest BCUT2D eigenvalue weighted by Gasteiger charge is -2.37. The first-order valence-corrected chi connectivity index (χ1v) is 4.01. The molecule has 1 aliphatic rings. The number of nitrogens with zero attached hydrogens (tertiary/aromatic N) is 1. The largest absolute Gasteiger partial charge is 0.445 e. The molecular weight excluding hydrogens is 170 g/mol. The smallest absolute Gasteiger partial charge is 0.410 e. The van der Waals surface area contributed by atoms with Gasteiger partial charge >= 0.3 is 6.09 Å². The molecule has 1 heterocycles. The highest BCUT2D eigenvalue weighted by atomic mass is 16.6. The zero-order valence-corrected chi connectivity index (χ0v) is 7.32. The molecule has 0 unspecified atom stereocenters. The van der Waals surface area contributed by atoms with Gasteiger partial charge in [0.2, 0.25) is 0 Å². The van der Waals surface area contributed by atoms with Crippen LogP contribution in [0.3, 0.4) is 0 Å². The molecule has 0 spiro atoms. The highest BCUT2D eigenvalue weighted by Crippen LogP contribution is 2.15. The van der Waals surface area contributed by atoms with Crippen molar-refractivity contribution in [3.8, 4) is 0 Å². The Balaban J connectivity index is 2.22. The van der Waals surface area contributed by atoms with Gasteiger partial charge in [0.1, 0.15) is 6.61 Å². The van der Waals surface area contributed by atoms with Crippen LogP contribution in [0.4, 0.5) is 4.79 Å². The SMILES string of the molecule is C=CCOC(=O)N1CC(C(=N)N)C1. The molecule has 0 aromatic rings. The highest BCUT2D eigenvalue weighted by Gasteiger charge is 2.33. The van der Waals surface area contributed by atoms with Crippen LogP contribution in [0.25, 0.3) is 0 Å². The zero-order chi connectivity index (χ0) is 9.84. The molecule has 0 aromatic heterocycles. The fraction of sp³-hybridized carbons (Fsp3) is 0.500. The van der Waals surface area contributed by atoms with E-state index in [1.165, 1.54) is 11.0 Å². The molecule has 1 rings (SSSR count). The average molecular weight is 183 g/mol. The molecule has 1 amide bonds. The zero-order valence-electron chi connectivity index (χ0n) is 7.32. The number of ether oxygens (including phenoxy) is 1. The molecule has 13 heavy (non-hydrogen) atoms. The first-order valence-electron chi connectivity index (χ1n) is 4.01. The van der Waals surface area contributed by atoms with Gasteiger partial charge in [0.15, 0.2) is 0 Å². The number of rotatable bonds is 3. The van der Waals surface area contributed by atoms with Crippen molar-refractivity contribution in [3.63, 3.8) is 0 Å². The maximum atomic E-state index is 11.1. The molecule has 3 N–H and O–H groups in total. The van der Waals surface area contributed by atoms with Gasteiger partial charge < -0.3 is 15.4 Å². The van der Waals surface area contributed by atoms with Gasteiger partial charge in [-0.3, -0.25) is 5.41 Å². The third-order valence-electron chi connectivity index (χ3n) is 1.90. The summed E-state index contributed by atoms with van der Waals surface area (Å²) in [5.41, 5.74) is 5.25. The fourth-order valence-corrected chi connectivity index (χ4v) is 1.05. The molecular formula is C8H13N3O2.